The highest BCUT2D eigenvalue weighted by atomic mass is 35.5. The fourth-order valence-electron chi connectivity index (χ4n) is 11.2. The highest BCUT2D eigenvalue weighted by Gasteiger charge is 2.48. The number of aliphatic carboxylic acids is 1. The van der Waals surface area contributed by atoms with E-state index in [-0.39, 0.29) is 11.8 Å². The Kier molecular flexibility index (Phi) is 19.1. The Hall–Kier alpha value is -3.09. The predicted octanol–water partition coefficient (Wildman–Crippen LogP) is 19.5. The molecule has 0 fully saturated rings. The number of carbonyl (C=O) groups is 1. The smallest absolute Gasteiger partial charge is 0.311 e. The van der Waals surface area contributed by atoms with Gasteiger partial charge in [0.2, 0.25) is 0 Å². The number of carboxylic acids is 1. The van der Waals surface area contributed by atoms with Crippen molar-refractivity contribution in [2.24, 2.45) is 11.8 Å². The first kappa shape index (κ1) is 57.1. The third kappa shape index (κ3) is 11.7. The van der Waals surface area contributed by atoms with Crippen LogP contribution in [0.15, 0.2) is 194 Å². The maximum absolute atomic E-state index is 13.4. The second-order valence-corrected chi connectivity index (χ2v) is 24.6. The molecule has 4 aromatic carbocycles. The van der Waals surface area contributed by atoms with Crippen molar-refractivity contribution in [2.75, 3.05) is 0 Å². The average Bonchev–Trinajstić information content (AvgIpc) is 3.38. The van der Waals surface area contributed by atoms with Gasteiger partial charge in [-0.1, -0.05) is 225 Å². The van der Waals surface area contributed by atoms with Gasteiger partial charge in [0.15, 0.2) is 0 Å². The molecule has 0 aromatic heterocycles. The zero-order valence-corrected chi connectivity index (χ0v) is 48.0. The zero-order chi connectivity index (χ0) is 52.8. The first-order valence-electron chi connectivity index (χ1n) is 24.9. The Morgan fingerprint density at radius 3 is 1.35 bits per heavy atom. The molecule has 0 bridgehead atoms. The maximum atomic E-state index is 13.4. The molecule has 0 heterocycles. The van der Waals surface area contributed by atoms with Gasteiger partial charge in [-0.05, 0) is 94.2 Å². The summed E-state index contributed by atoms with van der Waals surface area (Å²) in [5, 5.41) is 9.37. The van der Waals surface area contributed by atoms with E-state index in [0.717, 1.165) is 46.2 Å². The van der Waals surface area contributed by atoms with E-state index < -0.39 is 58.8 Å². The fourth-order valence-corrected chi connectivity index (χ4v) is 14.1. The SMILES string of the molecule is CCCC(Cc1cccc(C2(Cl)C=CC=CC2Cl)c1C1(Cl)C=CC=CC1Cl)C(CC/C=C/C(c1ccccc1Cl)C(C(=O)O)c1ccccc1Cl)Cc1cccc(C2(Cl)C=CC=CC2Cl)c1C1(Cl)C=CC=CC1Cl. The Bertz CT molecular complexity index is 2970. The van der Waals surface area contributed by atoms with Crippen LogP contribution in [-0.2, 0) is 37.1 Å². The van der Waals surface area contributed by atoms with E-state index in [9.17, 15) is 9.90 Å². The van der Waals surface area contributed by atoms with Crippen molar-refractivity contribution in [1.29, 1.82) is 0 Å². The van der Waals surface area contributed by atoms with Crippen LogP contribution in [0.25, 0.3) is 0 Å². The molecule has 12 atom stereocenters. The number of halogens is 10. The molecule has 12 unspecified atom stereocenters. The van der Waals surface area contributed by atoms with Crippen molar-refractivity contribution in [3.8, 4) is 0 Å². The molecule has 0 saturated heterocycles. The van der Waals surface area contributed by atoms with E-state index >= 15 is 0 Å². The minimum atomic E-state index is -1.19. The van der Waals surface area contributed by atoms with Crippen LogP contribution in [0.2, 0.25) is 10.0 Å². The molecule has 4 aliphatic carbocycles. The number of hydrogen-bond acceptors (Lipinski definition) is 1. The summed E-state index contributed by atoms with van der Waals surface area (Å²) in [7, 11) is 0. The third-order valence-corrected chi connectivity index (χ3v) is 20.2. The van der Waals surface area contributed by atoms with Gasteiger partial charge in [0.25, 0.3) is 0 Å². The number of benzene rings is 4. The Balaban J connectivity index is 1.28. The van der Waals surface area contributed by atoms with Crippen LogP contribution >= 0.6 is 116 Å². The number of rotatable bonds is 19. The quantitative estimate of drug-likeness (QED) is 0.0750. The first-order valence-corrected chi connectivity index (χ1v) is 28.9. The lowest BCUT2D eigenvalue weighted by Crippen LogP contribution is -2.37. The van der Waals surface area contributed by atoms with Gasteiger partial charge < -0.3 is 5.11 Å². The van der Waals surface area contributed by atoms with Crippen molar-refractivity contribution in [2.45, 2.75) is 98.3 Å². The van der Waals surface area contributed by atoms with E-state index in [1.807, 2.05) is 146 Å². The lowest BCUT2D eigenvalue weighted by atomic mass is 9.71. The lowest BCUT2D eigenvalue weighted by molar-refractivity contribution is -0.139. The van der Waals surface area contributed by atoms with Gasteiger partial charge in [0.1, 0.15) is 19.5 Å². The molecule has 0 amide bonds. The van der Waals surface area contributed by atoms with Gasteiger partial charge in [0, 0.05) is 16.0 Å². The molecule has 1 N–H and O–H groups in total. The van der Waals surface area contributed by atoms with Crippen molar-refractivity contribution < 1.29 is 9.90 Å². The minimum Gasteiger partial charge on any atom is -0.481 e. The molecule has 8 rings (SSSR count). The largest absolute Gasteiger partial charge is 0.481 e. The highest BCUT2D eigenvalue weighted by Crippen LogP contribution is 2.54. The van der Waals surface area contributed by atoms with Gasteiger partial charge in [-0.15, -0.1) is 92.8 Å². The predicted molar refractivity (Wildman–Crippen MR) is 318 cm³/mol. The molecule has 74 heavy (non-hydrogen) atoms. The lowest BCUT2D eigenvalue weighted by Gasteiger charge is -2.40. The van der Waals surface area contributed by atoms with Crippen LogP contribution in [0.1, 0.15) is 89.0 Å². The molecule has 0 aliphatic heterocycles. The zero-order valence-electron chi connectivity index (χ0n) is 40.5. The molecule has 0 saturated carbocycles. The average molecular weight is 1190 g/mol. The van der Waals surface area contributed by atoms with Gasteiger partial charge in [-0.2, -0.15) is 0 Å². The van der Waals surface area contributed by atoms with Crippen molar-refractivity contribution in [1.82, 2.24) is 0 Å². The van der Waals surface area contributed by atoms with Crippen molar-refractivity contribution in [3.05, 3.63) is 249 Å². The standard InChI is InChI=1S/C62H56Cl10O2/c1-2-19-40(38-42-21-17-26-47(59(69)34-13-9-30-51(59)65)56(42)61(71)36-15-11-32-53(61)67)41(20-3-4-24-45(44-23-5-7-28-49(44)63)55(58(73)74)46-25-6-8-29-50(46)64)39-43-22-18-27-48(60(70)35-14-10-31-52(60)66)57(43)62(72)37-16-12-33-54(62)68/h4-18,21-37,40-41,45,51-55H,2-3,19-20,38-39H2,1H3,(H,73,74)/b24-4+. The van der Waals surface area contributed by atoms with Gasteiger partial charge in [0.05, 0.1) is 27.4 Å². The Morgan fingerprint density at radius 1 is 0.541 bits per heavy atom. The summed E-state index contributed by atoms with van der Waals surface area (Å²) in [6.45, 7) is 2.20. The number of allylic oxidation sites excluding steroid dienone is 18. The molecule has 2 nitrogen and oxygen atoms in total. The molecule has 0 radical (unpaired) electrons. The van der Waals surface area contributed by atoms with E-state index in [4.69, 9.17) is 116 Å². The molecular weight excluding hydrogens is 1130 g/mol. The van der Waals surface area contributed by atoms with Crippen molar-refractivity contribution in [3.63, 3.8) is 0 Å². The van der Waals surface area contributed by atoms with Crippen LogP contribution in [-0.4, -0.2) is 32.6 Å². The van der Waals surface area contributed by atoms with E-state index in [2.05, 4.69) is 25.1 Å². The second kappa shape index (κ2) is 24.7. The van der Waals surface area contributed by atoms with E-state index in [1.54, 1.807) is 30.3 Å². The number of alkyl halides is 8. The second-order valence-electron chi connectivity index (χ2n) is 19.4. The van der Waals surface area contributed by atoms with Crippen LogP contribution < -0.4 is 0 Å². The summed E-state index contributed by atoms with van der Waals surface area (Å²) in [5.41, 5.74) is 6.36. The van der Waals surface area contributed by atoms with Crippen LogP contribution in [0.3, 0.4) is 0 Å². The molecule has 386 valence electrons. The summed E-state index contributed by atoms with van der Waals surface area (Å²) in [4.78, 5) is 8.74. The van der Waals surface area contributed by atoms with Gasteiger partial charge >= 0.3 is 5.97 Å². The molecule has 12 heteroatoms. The highest BCUT2D eigenvalue weighted by molar-refractivity contribution is 6.38. The Labute approximate surface area is 486 Å². The summed E-state index contributed by atoms with van der Waals surface area (Å²) in [6, 6.07) is 26.8. The van der Waals surface area contributed by atoms with Crippen LogP contribution in [0, 0.1) is 11.8 Å². The van der Waals surface area contributed by atoms with E-state index in [1.165, 1.54) is 0 Å². The van der Waals surface area contributed by atoms with Crippen molar-refractivity contribution >= 4 is 122 Å². The number of carboxylic acid groups (broad SMARTS) is 1. The molecule has 0 spiro atoms. The topological polar surface area (TPSA) is 37.3 Å². The van der Waals surface area contributed by atoms with Crippen LogP contribution in [0.5, 0.6) is 0 Å². The summed E-state index contributed by atoms with van der Waals surface area (Å²) in [6.07, 6.45) is 38.9. The minimum absolute atomic E-state index is 0.0251. The third-order valence-electron chi connectivity index (χ3n) is 14.9. The van der Waals surface area contributed by atoms with E-state index in [0.29, 0.717) is 46.9 Å². The summed E-state index contributed by atoms with van der Waals surface area (Å²) < 4.78 is 0. The Morgan fingerprint density at radius 2 is 0.946 bits per heavy atom. The normalized spacial score (nSPS) is 28.7. The number of hydrogen-bond donors (Lipinski definition) is 1. The molecule has 4 aromatic rings. The summed E-state index contributed by atoms with van der Waals surface area (Å²) in [5.74, 6) is -2.68. The summed E-state index contributed by atoms with van der Waals surface area (Å²) >= 11 is 73.5. The fraction of sp³-hybridized carbons (Fsp3) is 0.306. The van der Waals surface area contributed by atoms with Gasteiger partial charge in [-0.25, -0.2) is 0 Å². The monoisotopic (exact) mass is 1180 g/mol. The van der Waals surface area contributed by atoms with Gasteiger partial charge in [-0.3, -0.25) is 4.79 Å². The molecule has 4 aliphatic rings. The van der Waals surface area contributed by atoms with Crippen LogP contribution in [0.4, 0.5) is 0 Å². The maximum Gasteiger partial charge on any atom is 0.311 e. The first-order chi connectivity index (χ1) is 35.5. The molecular formula is C62H56Cl10O2.